The molecule has 0 spiro atoms. The number of benzene rings is 1. The van der Waals surface area contributed by atoms with Gasteiger partial charge in [0.2, 0.25) is 0 Å². The van der Waals surface area contributed by atoms with Crippen molar-refractivity contribution >= 4 is 22.3 Å². The molecule has 2 nitrogen and oxygen atoms in total. The van der Waals surface area contributed by atoms with E-state index >= 15 is 0 Å². The third kappa shape index (κ3) is 2.22. The molecule has 1 aromatic carbocycles. The van der Waals surface area contributed by atoms with E-state index in [2.05, 4.69) is 55.0 Å². The van der Waals surface area contributed by atoms with E-state index in [1.54, 1.807) is 0 Å². The van der Waals surface area contributed by atoms with Crippen LogP contribution in [-0.2, 0) is 0 Å². The number of rotatable bonds is 1. The summed E-state index contributed by atoms with van der Waals surface area (Å²) in [4.78, 5) is 0. The molecule has 0 radical (unpaired) electrons. The molecule has 0 atom stereocenters. The largest absolute Gasteiger partial charge is 0.399 e. The Balaban J connectivity index is 2.15. The molecule has 2 N–H and O–H groups in total. The fourth-order valence-corrected chi connectivity index (χ4v) is 2.61. The number of hydrogen-bond donors (Lipinski definition) is 1. The minimum Gasteiger partial charge on any atom is -0.399 e. The van der Waals surface area contributed by atoms with Crippen LogP contribution in [0, 0.1) is 0 Å². The first-order chi connectivity index (χ1) is 9.13. The molecule has 2 heteroatoms. The molecule has 0 amide bonds. The summed E-state index contributed by atoms with van der Waals surface area (Å²) >= 11 is 0. The maximum Gasteiger partial charge on any atom is 0.0545 e. The Labute approximate surface area is 113 Å². The Bertz CT molecular complexity index is 727. The molecular weight excluding hydrogens is 232 g/mol. The van der Waals surface area contributed by atoms with Crippen molar-refractivity contribution in [2.75, 3.05) is 5.73 Å². The molecular formula is C17H18N2. The van der Waals surface area contributed by atoms with Gasteiger partial charge in [-0.3, -0.25) is 0 Å². The van der Waals surface area contributed by atoms with Crippen LogP contribution in [0.3, 0.4) is 0 Å². The van der Waals surface area contributed by atoms with Crippen molar-refractivity contribution < 1.29 is 0 Å². The van der Waals surface area contributed by atoms with Crippen LogP contribution in [0.1, 0.15) is 20.3 Å². The van der Waals surface area contributed by atoms with Gasteiger partial charge in [-0.05, 0) is 43.7 Å². The highest BCUT2D eigenvalue weighted by atomic mass is 15.0. The lowest BCUT2D eigenvalue weighted by Crippen LogP contribution is -1.95. The standard InChI is InChI=1S/C17H18N2/c1-12-3-6-16(10-13(2)9-12)19-8-7-14-4-5-15(18)11-17(14)19/h3-5,7-11H,6,18H2,1-2H3. The van der Waals surface area contributed by atoms with Gasteiger partial charge in [-0.15, -0.1) is 0 Å². The zero-order valence-corrected chi connectivity index (χ0v) is 11.4. The van der Waals surface area contributed by atoms with Gasteiger partial charge in [0.15, 0.2) is 0 Å². The predicted molar refractivity (Wildman–Crippen MR) is 82.8 cm³/mol. The van der Waals surface area contributed by atoms with Crippen LogP contribution in [0.2, 0.25) is 0 Å². The van der Waals surface area contributed by atoms with E-state index in [4.69, 9.17) is 5.73 Å². The highest BCUT2D eigenvalue weighted by Gasteiger charge is 2.07. The summed E-state index contributed by atoms with van der Waals surface area (Å²) < 4.78 is 2.23. The molecule has 0 saturated carbocycles. The van der Waals surface area contributed by atoms with Crippen molar-refractivity contribution in [3.63, 3.8) is 0 Å². The Morgan fingerprint density at radius 2 is 1.89 bits per heavy atom. The van der Waals surface area contributed by atoms with E-state index in [-0.39, 0.29) is 0 Å². The minimum atomic E-state index is 0.806. The fourth-order valence-electron chi connectivity index (χ4n) is 2.61. The van der Waals surface area contributed by atoms with Crippen molar-refractivity contribution in [1.82, 2.24) is 4.57 Å². The van der Waals surface area contributed by atoms with Crippen LogP contribution in [0.4, 0.5) is 5.69 Å². The predicted octanol–water partition coefficient (Wildman–Crippen LogP) is 4.36. The van der Waals surface area contributed by atoms with Crippen LogP contribution in [-0.4, -0.2) is 4.57 Å². The summed E-state index contributed by atoms with van der Waals surface area (Å²) in [7, 11) is 0. The molecule has 2 aromatic rings. The van der Waals surface area contributed by atoms with Gasteiger partial charge in [-0.25, -0.2) is 0 Å². The average Bonchev–Trinajstić information content (AvgIpc) is 2.69. The lowest BCUT2D eigenvalue weighted by molar-refractivity contribution is 1.09. The number of aromatic nitrogens is 1. The minimum absolute atomic E-state index is 0.806. The maximum absolute atomic E-state index is 5.91. The molecule has 96 valence electrons. The highest BCUT2D eigenvalue weighted by molar-refractivity contribution is 5.86. The van der Waals surface area contributed by atoms with Crippen LogP contribution in [0.25, 0.3) is 16.6 Å². The van der Waals surface area contributed by atoms with Gasteiger partial charge in [0.05, 0.1) is 5.52 Å². The molecule has 1 aliphatic carbocycles. The number of hydrogen-bond acceptors (Lipinski definition) is 1. The average molecular weight is 250 g/mol. The summed E-state index contributed by atoms with van der Waals surface area (Å²) in [5, 5.41) is 1.22. The molecule has 3 rings (SSSR count). The van der Waals surface area contributed by atoms with Gasteiger partial charge in [-0.2, -0.15) is 0 Å². The summed E-state index contributed by atoms with van der Waals surface area (Å²) in [6, 6.07) is 8.19. The van der Waals surface area contributed by atoms with Gasteiger partial charge in [-0.1, -0.05) is 23.8 Å². The number of nitrogens with two attached hydrogens (primary N) is 1. The molecule has 0 saturated heterocycles. The first kappa shape index (κ1) is 11.8. The van der Waals surface area contributed by atoms with Crippen LogP contribution in [0.5, 0.6) is 0 Å². The Hall–Kier alpha value is -2.22. The summed E-state index contributed by atoms with van der Waals surface area (Å²) in [6.45, 7) is 4.29. The number of fused-ring (bicyclic) bond motifs is 1. The molecule has 0 unspecified atom stereocenters. The number of anilines is 1. The Morgan fingerprint density at radius 3 is 2.74 bits per heavy atom. The molecule has 0 bridgehead atoms. The first-order valence-electron chi connectivity index (χ1n) is 6.56. The first-order valence-corrected chi connectivity index (χ1v) is 6.56. The van der Waals surface area contributed by atoms with E-state index < -0.39 is 0 Å². The van der Waals surface area contributed by atoms with Crippen molar-refractivity contribution in [1.29, 1.82) is 0 Å². The summed E-state index contributed by atoms with van der Waals surface area (Å²) in [6.07, 6.45) is 9.79. The zero-order valence-electron chi connectivity index (χ0n) is 11.4. The molecule has 1 aliphatic rings. The topological polar surface area (TPSA) is 30.9 Å². The van der Waals surface area contributed by atoms with E-state index in [1.165, 1.54) is 27.7 Å². The molecule has 1 aromatic heterocycles. The molecule has 1 heterocycles. The normalized spacial score (nSPS) is 15.8. The van der Waals surface area contributed by atoms with Gasteiger partial charge in [0.25, 0.3) is 0 Å². The summed E-state index contributed by atoms with van der Waals surface area (Å²) in [5.74, 6) is 0. The van der Waals surface area contributed by atoms with E-state index in [1.807, 2.05) is 12.1 Å². The SMILES string of the molecule is CC1=CCC(n2ccc3ccc(N)cc32)=CC(C)=C1. The van der Waals surface area contributed by atoms with E-state index in [0.717, 1.165) is 12.1 Å². The van der Waals surface area contributed by atoms with E-state index in [0.29, 0.717) is 0 Å². The smallest absolute Gasteiger partial charge is 0.0545 e. The van der Waals surface area contributed by atoms with Crippen molar-refractivity contribution in [2.45, 2.75) is 20.3 Å². The van der Waals surface area contributed by atoms with Crippen LogP contribution in [0.15, 0.2) is 59.8 Å². The lowest BCUT2D eigenvalue weighted by atomic mass is 10.2. The third-order valence-electron chi connectivity index (χ3n) is 3.51. The lowest BCUT2D eigenvalue weighted by Gasteiger charge is -2.09. The second kappa shape index (κ2) is 4.47. The van der Waals surface area contributed by atoms with E-state index in [9.17, 15) is 0 Å². The second-order valence-electron chi connectivity index (χ2n) is 5.18. The van der Waals surface area contributed by atoms with Crippen LogP contribution >= 0.6 is 0 Å². The quantitative estimate of drug-likeness (QED) is 0.749. The Morgan fingerprint density at radius 1 is 1.05 bits per heavy atom. The van der Waals surface area contributed by atoms with Gasteiger partial charge >= 0.3 is 0 Å². The second-order valence-corrected chi connectivity index (χ2v) is 5.18. The Kier molecular flexibility index (Phi) is 2.79. The number of nitrogen functional groups attached to an aromatic ring is 1. The number of allylic oxidation sites excluding steroid dienone is 6. The van der Waals surface area contributed by atoms with Crippen molar-refractivity contribution in [2.24, 2.45) is 0 Å². The monoisotopic (exact) mass is 250 g/mol. The molecule has 0 aliphatic heterocycles. The number of nitrogens with zero attached hydrogens (tertiary/aromatic N) is 1. The van der Waals surface area contributed by atoms with Crippen molar-refractivity contribution in [3.8, 4) is 0 Å². The maximum atomic E-state index is 5.91. The fraction of sp³-hybridized carbons (Fsp3) is 0.176. The summed E-state index contributed by atoms with van der Waals surface area (Å²) in [5.41, 5.74) is 11.8. The highest BCUT2D eigenvalue weighted by Crippen LogP contribution is 2.26. The van der Waals surface area contributed by atoms with Crippen LogP contribution < -0.4 is 5.73 Å². The molecule has 19 heavy (non-hydrogen) atoms. The third-order valence-corrected chi connectivity index (χ3v) is 3.51. The van der Waals surface area contributed by atoms with Crippen molar-refractivity contribution in [3.05, 3.63) is 59.8 Å². The molecule has 0 fully saturated rings. The zero-order chi connectivity index (χ0) is 13.4. The van der Waals surface area contributed by atoms with Gasteiger partial charge in [0.1, 0.15) is 0 Å². The van der Waals surface area contributed by atoms with Gasteiger partial charge < -0.3 is 10.3 Å². The van der Waals surface area contributed by atoms with Gasteiger partial charge in [0, 0.05) is 29.4 Å².